The van der Waals surface area contributed by atoms with Crippen LogP contribution < -0.4 is 0 Å². The average Bonchev–Trinajstić information content (AvgIpc) is 2.28. The Kier molecular flexibility index (Phi) is 4.25. The molecule has 1 heterocycles. The van der Waals surface area contributed by atoms with Crippen molar-refractivity contribution in [1.29, 1.82) is 0 Å². The lowest BCUT2D eigenvalue weighted by Crippen LogP contribution is -2.25. The molecule has 5 heteroatoms. The third kappa shape index (κ3) is 3.21. The van der Waals surface area contributed by atoms with Crippen LogP contribution >= 0.6 is 11.8 Å². The number of aliphatic carboxylic acids is 2. The van der Waals surface area contributed by atoms with Crippen molar-refractivity contribution in [2.45, 2.75) is 19.3 Å². The highest BCUT2D eigenvalue weighted by atomic mass is 32.2. The van der Waals surface area contributed by atoms with Crippen molar-refractivity contribution in [2.75, 3.05) is 11.5 Å². The zero-order valence-corrected chi connectivity index (χ0v) is 8.63. The molecule has 2 N–H and O–H groups in total. The van der Waals surface area contributed by atoms with Gasteiger partial charge in [-0.25, -0.2) is 0 Å². The molecular weight excluding hydrogens is 204 g/mol. The van der Waals surface area contributed by atoms with Gasteiger partial charge in [0.1, 0.15) is 0 Å². The molecule has 0 aliphatic carbocycles. The maximum atomic E-state index is 10.9. The van der Waals surface area contributed by atoms with Crippen LogP contribution in [-0.2, 0) is 9.59 Å². The van der Waals surface area contributed by atoms with Gasteiger partial charge in [-0.05, 0) is 30.3 Å². The van der Waals surface area contributed by atoms with E-state index in [0.717, 1.165) is 11.5 Å². The van der Waals surface area contributed by atoms with Crippen LogP contribution in [0.25, 0.3) is 0 Å². The van der Waals surface area contributed by atoms with E-state index in [-0.39, 0.29) is 12.3 Å². The molecule has 0 spiro atoms. The maximum absolute atomic E-state index is 10.9. The van der Waals surface area contributed by atoms with E-state index in [9.17, 15) is 9.59 Å². The van der Waals surface area contributed by atoms with E-state index in [4.69, 9.17) is 10.2 Å². The molecule has 0 aromatic rings. The second-order valence-corrected chi connectivity index (χ2v) is 4.72. The summed E-state index contributed by atoms with van der Waals surface area (Å²) in [7, 11) is 0. The number of carboxylic acids is 2. The number of hydrogen-bond acceptors (Lipinski definition) is 3. The van der Waals surface area contributed by atoms with Crippen LogP contribution in [0.1, 0.15) is 19.3 Å². The Morgan fingerprint density at radius 2 is 1.86 bits per heavy atom. The lowest BCUT2D eigenvalue weighted by Gasteiger charge is -2.18. The van der Waals surface area contributed by atoms with Crippen LogP contribution in [0.3, 0.4) is 0 Å². The number of rotatable bonds is 3. The summed E-state index contributed by atoms with van der Waals surface area (Å²) in [6, 6.07) is 0. The molecule has 2 unspecified atom stereocenters. The molecule has 0 amide bonds. The van der Waals surface area contributed by atoms with Gasteiger partial charge in [0.25, 0.3) is 0 Å². The van der Waals surface area contributed by atoms with Crippen molar-refractivity contribution < 1.29 is 19.8 Å². The Morgan fingerprint density at radius 3 is 2.43 bits per heavy atom. The maximum Gasteiger partial charge on any atom is 0.306 e. The minimum Gasteiger partial charge on any atom is -0.481 e. The predicted molar refractivity (Wildman–Crippen MR) is 53.4 cm³/mol. The minimum absolute atomic E-state index is 0.0163. The van der Waals surface area contributed by atoms with Gasteiger partial charge in [0.2, 0.25) is 0 Å². The number of thioether (sulfide) groups is 1. The normalized spacial score (nSPS) is 28.0. The Hall–Kier alpha value is -0.710. The number of hydrogen-bond donors (Lipinski definition) is 2. The molecule has 2 atom stereocenters. The molecule has 80 valence electrons. The van der Waals surface area contributed by atoms with Crippen molar-refractivity contribution in [3.05, 3.63) is 0 Å². The standard InChI is InChI=1S/C9H14O4S/c10-8(11)5-6-1-3-14-4-2-7(6)9(12)13/h6-7H,1-5H2,(H,10,11)(H,12,13). The predicted octanol–water partition coefficient (Wildman–Crippen LogP) is 1.31. The second kappa shape index (κ2) is 5.24. The molecule has 0 aromatic heterocycles. The summed E-state index contributed by atoms with van der Waals surface area (Å²) in [5.41, 5.74) is 0. The molecule has 0 aromatic carbocycles. The lowest BCUT2D eigenvalue weighted by molar-refractivity contribution is -0.145. The van der Waals surface area contributed by atoms with Crippen molar-refractivity contribution in [2.24, 2.45) is 11.8 Å². The zero-order chi connectivity index (χ0) is 10.6. The Labute approximate surface area is 86.7 Å². The fraction of sp³-hybridized carbons (Fsp3) is 0.778. The fourth-order valence-electron chi connectivity index (χ4n) is 1.78. The smallest absolute Gasteiger partial charge is 0.306 e. The van der Waals surface area contributed by atoms with E-state index in [0.29, 0.717) is 12.8 Å². The summed E-state index contributed by atoms with van der Waals surface area (Å²) in [5, 5.41) is 17.6. The summed E-state index contributed by atoms with van der Waals surface area (Å²) in [6.45, 7) is 0. The molecule has 1 saturated heterocycles. The number of carboxylic acid groups (broad SMARTS) is 2. The molecule has 1 aliphatic heterocycles. The first-order valence-corrected chi connectivity index (χ1v) is 5.79. The molecule has 0 radical (unpaired) electrons. The molecule has 4 nitrogen and oxygen atoms in total. The van der Waals surface area contributed by atoms with E-state index in [1.807, 2.05) is 0 Å². The van der Waals surface area contributed by atoms with Crippen molar-refractivity contribution >= 4 is 23.7 Å². The highest BCUT2D eigenvalue weighted by Crippen LogP contribution is 2.30. The Bertz CT molecular complexity index is 229. The summed E-state index contributed by atoms with van der Waals surface area (Å²) >= 11 is 1.71. The molecule has 14 heavy (non-hydrogen) atoms. The van der Waals surface area contributed by atoms with E-state index in [2.05, 4.69) is 0 Å². The molecule has 1 aliphatic rings. The van der Waals surface area contributed by atoms with Gasteiger partial charge in [0.05, 0.1) is 5.92 Å². The first-order chi connectivity index (χ1) is 6.61. The van der Waals surface area contributed by atoms with Gasteiger partial charge in [-0.3, -0.25) is 9.59 Å². The van der Waals surface area contributed by atoms with E-state index >= 15 is 0 Å². The fourth-order valence-corrected chi connectivity index (χ4v) is 2.87. The summed E-state index contributed by atoms with van der Waals surface area (Å²) in [4.78, 5) is 21.4. The van der Waals surface area contributed by atoms with Gasteiger partial charge in [0.15, 0.2) is 0 Å². The SMILES string of the molecule is O=C(O)CC1CCSCCC1C(=O)O. The van der Waals surface area contributed by atoms with Gasteiger partial charge >= 0.3 is 11.9 Å². The van der Waals surface area contributed by atoms with Gasteiger partial charge < -0.3 is 10.2 Å². The van der Waals surface area contributed by atoms with Crippen LogP contribution in [0.15, 0.2) is 0 Å². The summed E-state index contributed by atoms with van der Waals surface area (Å²) < 4.78 is 0. The second-order valence-electron chi connectivity index (χ2n) is 3.49. The highest BCUT2D eigenvalue weighted by molar-refractivity contribution is 7.99. The van der Waals surface area contributed by atoms with E-state index < -0.39 is 17.9 Å². The lowest BCUT2D eigenvalue weighted by atomic mass is 9.85. The van der Waals surface area contributed by atoms with Crippen molar-refractivity contribution in [1.82, 2.24) is 0 Å². The Morgan fingerprint density at radius 1 is 1.21 bits per heavy atom. The van der Waals surface area contributed by atoms with Crippen molar-refractivity contribution in [3.8, 4) is 0 Å². The number of carbonyl (C=O) groups is 2. The molecule has 1 fully saturated rings. The van der Waals surface area contributed by atoms with Gasteiger partial charge in [-0.2, -0.15) is 11.8 Å². The monoisotopic (exact) mass is 218 g/mol. The quantitative estimate of drug-likeness (QED) is 0.747. The molecule has 0 saturated carbocycles. The zero-order valence-electron chi connectivity index (χ0n) is 7.81. The topological polar surface area (TPSA) is 74.6 Å². The molecular formula is C9H14O4S. The third-order valence-corrected chi connectivity index (χ3v) is 3.58. The molecule has 0 bridgehead atoms. The van der Waals surface area contributed by atoms with Crippen LogP contribution in [0.2, 0.25) is 0 Å². The average molecular weight is 218 g/mol. The van der Waals surface area contributed by atoms with E-state index in [1.165, 1.54) is 0 Å². The van der Waals surface area contributed by atoms with Crippen LogP contribution in [0.4, 0.5) is 0 Å². The molecule has 1 rings (SSSR count). The first kappa shape index (κ1) is 11.4. The van der Waals surface area contributed by atoms with E-state index in [1.54, 1.807) is 11.8 Å². The van der Waals surface area contributed by atoms with Crippen LogP contribution in [0, 0.1) is 11.8 Å². The summed E-state index contributed by atoms with van der Waals surface area (Å²) in [5.74, 6) is -0.706. The highest BCUT2D eigenvalue weighted by Gasteiger charge is 2.30. The largest absolute Gasteiger partial charge is 0.481 e. The van der Waals surface area contributed by atoms with Gasteiger partial charge in [0, 0.05) is 6.42 Å². The van der Waals surface area contributed by atoms with Crippen LogP contribution in [0.5, 0.6) is 0 Å². The van der Waals surface area contributed by atoms with Crippen LogP contribution in [-0.4, -0.2) is 33.7 Å². The first-order valence-electron chi connectivity index (χ1n) is 4.63. The van der Waals surface area contributed by atoms with Crippen molar-refractivity contribution in [3.63, 3.8) is 0 Å². The van der Waals surface area contributed by atoms with Gasteiger partial charge in [-0.1, -0.05) is 0 Å². The minimum atomic E-state index is -0.895. The Balaban J connectivity index is 2.63. The summed E-state index contributed by atoms with van der Waals surface area (Å²) in [6.07, 6.45) is 1.28. The third-order valence-electron chi connectivity index (χ3n) is 2.53. The van der Waals surface area contributed by atoms with Gasteiger partial charge in [-0.15, -0.1) is 0 Å².